The summed E-state index contributed by atoms with van der Waals surface area (Å²) in [5, 5.41) is 2.88. The summed E-state index contributed by atoms with van der Waals surface area (Å²) >= 11 is 0. The Kier molecular flexibility index (Phi) is 5.73. The Morgan fingerprint density at radius 1 is 1.08 bits per heavy atom. The number of carbonyl (C=O) groups is 1. The summed E-state index contributed by atoms with van der Waals surface area (Å²) < 4.78 is 5.47. The second kappa shape index (κ2) is 8.18. The average molecular weight is 325 g/mol. The highest BCUT2D eigenvalue weighted by molar-refractivity contribution is 5.67. The molecule has 0 bridgehead atoms. The number of rotatable bonds is 4. The number of amides is 1. The zero-order valence-corrected chi connectivity index (χ0v) is 14.4. The first-order valence-corrected chi connectivity index (χ1v) is 9.02. The molecular weight excluding hydrogens is 298 g/mol. The molecule has 0 saturated heterocycles. The SMILES string of the molecule is CC1=C(CNC(=O)OCC2C3CCC=CCCC32)C=CC=CC=C1. The molecule has 0 aromatic carbocycles. The van der Waals surface area contributed by atoms with Crippen molar-refractivity contribution < 1.29 is 9.53 Å². The van der Waals surface area contributed by atoms with Crippen LogP contribution in [0.15, 0.2) is 59.8 Å². The van der Waals surface area contributed by atoms with E-state index in [4.69, 9.17) is 4.74 Å². The third-order valence-corrected chi connectivity index (χ3v) is 5.32. The number of fused-ring (bicyclic) bond motifs is 1. The van der Waals surface area contributed by atoms with Crippen molar-refractivity contribution in [2.75, 3.05) is 13.2 Å². The number of carbonyl (C=O) groups excluding carboxylic acids is 1. The van der Waals surface area contributed by atoms with Crippen molar-refractivity contribution in [1.82, 2.24) is 5.32 Å². The largest absolute Gasteiger partial charge is 0.449 e. The summed E-state index contributed by atoms with van der Waals surface area (Å²) in [4.78, 5) is 12.0. The molecule has 2 atom stereocenters. The molecule has 1 saturated carbocycles. The molecular formula is C21H27NO2. The average Bonchev–Trinajstić information content (AvgIpc) is 3.18. The fraction of sp³-hybridized carbons (Fsp3) is 0.476. The normalized spacial score (nSPS) is 28.5. The van der Waals surface area contributed by atoms with E-state index in [9.17, 15) is 4.79 Å². The summed E-state index contributed by atoms with van der Waals surface area (Å²) in [6, 6.07) is 0. The van der Waals surface area contributed by atoms with Gasteiger partial charge in [-0.25, -0.2) is 4.79 Å². The van der Waals surface area contributed by atoms with Crippen LogP contribution >= 0.6 is 0 Å². The van der Waals surface area contributed by atoms with Crippen LogP contribution in [0.5, 0.6) is 0 Å². The summed E-state index contributed by atoms with van der Waals surface area (Å²) in [6.07, 6.45) is 21.2. The second-order valence-corrected chi connectivity index (χ2v) is 6.88. The number of hydrogen-bond acceptors (Lipinski definition) is 2. The maximum Gasteiger partial charge on any atom is 0.407 e. The van der Waals surface area contributed by atoms with Gasteiger partial charge in [0, 0.05) is 6.54 Å². The number of hydrogen-bond donors (Lipinski definition) is 1. The van der Waals surface area contributed by atoms with Crippen LogP contribution in [0, 0.1) is 17.8 Å². The molecule has 3 rings (SSSR count). The molecule has 3 nitrogen and oxygen atoms in total. The topological polar surface area (TPSA) is 38.3 Å². The minimum Gasteiger partial charge on any atom is -0.449 e. The highest BCUT2D eigenvalue weighted by Crippen LogP contribution is 2.52. The Morgan fingerprint density at radius 2 is 1.75 bits per heavy atom. The maximum atomic E-state index is 12.0. The van der Waals surface area contributed by atoms with Gasteiger partial charge >= 0.3 is 6.09 Å². The Labute approximate surface area is 144 Å². The van der Waals surface area contributed by atoms with Gasteiger partial charge in [0.05, 0.1) is 6.61 Å². The number of allylic oxidation sites excluding steroid dienone is 8. The van der Waals surface area contributed by atoms with E-state index < -0.39 is 0 Å². The van der Waals surface area contributed by atoms with Crippen LogP contribution in [0.25, 0.3) is 0 Å². The lowest BCUT2D eigenvalue weighted by Crippen LogP contribution is -2.27. The van der Waals surface area contributed by atoms with E-state index in [1.54, 1.807) is 0 Å². The molecule has 0 aromatic rings. The Morgan fingerprint density at radius 3 is 2.46 bits per heavy atom. The lowest BCUT2D eigenvalue weighted by molar-refractivity contribution is 0.138. The molecule has 1 fully saturated rings. The monoisotopic (exact) mass is 325 g/mol. The fourth-order valence-corrected chi connectivity index (χ4v) is 3.77. The van der Waals surface area contributed by atoms with Crippen molar-refractivity contribution in [3.63, 3.8) is 0 Å². The maximum absolute atomic E-state index is 12.0. The van der Waals surface area contributed by atoms with Gasteiger partial charge in [-0.05, 0) is 61.5 Å². The van der Waals surface area contributed by atoms with E-state index in [-0.39, 0.29) is 6.09 Å². The van der Waals surface area contributed by atoms with E-state index >= 15 is 0 Å². The van der Waals surface area contributed by atoms with Crippen molar-refractivity contribution in [1.29, 1.82) is 0 Å². The van der Waals surface area contributed by atoms with Gasteiger partial charge in [-0.2, -0.15) is 0 Å². The van der Waals surface area contributed by atoms with Gasteiger partial charge in [-0.15, -0.1) is 0 Å². The van der Waals surface area contributed by atoms with Crippen molar-refractivity contribution in [3.8, 4) is 0 Å². The summed E-state index contributed by atoms with van der Waals surface area (Å²) in [5.74, 6) is 2.10. The van der Waals surface area contributed by atoms with E-state index in [2.05, 4.69) is 30.5 Å². The number of ether oxygens (including phenoxy) is 1. The lowest BCUT2D eigenvalue weighted by atomic mass is 10.1. The lowest BCUT2D eigenvalue weighted by Gasteiger charge is -2.10. The van der Waals surface area contributed by atoms with Crippen molar-refractivity contribution in [2.24, 2.45) is 17.8 Å². The summed E-state index contributed by atoms with van der Waals surface area (Å²) in [5.41, 5.74) is 2.26. The molecule has 0 radical (unpaired) electrons. The minimum atomic E-state index is -0.303. The van der Waals surface area contributed by atoms with E-state index in [1.807, 2.05) is 30.4 Å². The van der Waals surface area contributed by atoms with Gasteiger partial charge in [0.2, 0.25) is 0 Å². The van der Waals surface area contributed by atoms with Crippen LogP contribution in [-0.2, 0) is 4.74 Å². The standard InChI is InChI=1S/C21H27NO2/c1-16-10-6-2-3-7-11-17(16)14-22-21(23)24-15-20-18-12-8-4-5-9-13-19(18)20/h2-7,10-11,18-20H,8-9,12-15H2,1H3,(H,22,23). The van der Waals surface area contributed by atoms with Crippen molar-refractivity contribution in [2.45, 2.75) is 32.6 Å². The number of nitrogens with one attached hydrogen (secondary N) is 1. The Bertz CT molecular complexity index is 593. The molecule has 0 heterocycles. The fourth-order valence-electron chi connectivity index (χ4n) is 3.77. The predicted molar refractivity (Wildman–Crippen MR) is 97.5 cm³/mol. The predicted octanol–water partition coefficient (Wildman–Crippen LogP) is 4.70. The first kappa shape index (κ1) is 16.8. The van der Waals surface area contributed by atoms with Gasteiger partial charge in [0.15, 0.2) is 0 Å². The molecule has 0 spiro atoms. The van der Waals surface area contributed by atoms with Crippen LogP contribution in [0.2, 0.25) is 0 Å². The smallest absolute Gasteiger partial charge is 0.407 e. The van der Waals surface area contributed by atoms with E-state index in [0.29, 0.717) is 19.1 Å². The molecule has 24 heavy (non-hydrogen) atoms. The van der Waals surface area contributed by atoms with Gasteiger partial charge in [0.1, 0.15) is 0 Å². The van der Waals surface area contributed by atoms with Crippen LogP contribution < -0.4 is 5.32 Å². The first-order chi connectivity index (χ1) is 11.8. The van der Waals surface area contributed by atoms with Gasteiger partial charge in [-0.1, -0.05) is 48.6 Å². The molecule has 2 unspecified atom stereocenters. The quantitative estimate of drug-likeness (QED) is 0.761. The molecule has 0 aromatic heterocycles. The Balaban J connectivity index is 1.41. The van der Waals surface area contributed by atoms with Crippen molar-refractivity contribution >= 4 is 6.09 Å². The van der Waals surface area contributed by atoms with Crippen LogP contribution in [-0.4, -0.2) is 19.2 Å². The van der Waals surface area contributed by atoms with E-state index in [0.717, 1.165) is 23.0 Å². The van der Waals surface area contributed by atoms with Gasteiger partial charge in [0.25, 0.3) is 0 Å². The summed E-state index contributed by atoms with van der Waals surface area (Å²) in [7, 11) is 0. The molecule has 1 N–H and O–H groups in total. The van der Waals surface area contributed by atoms with Crippen LogP contribution in [0.3, 0.4) is 0 Å². The zero-order chi connectivity index (χ0) is 16.8. The van der Waals surface area contributed by atoms with Gasteiger partial charge in [-0.3, -0.25) is 0 Å². The second-order valence-electron chi connectivity index (χ2n) is 6.88. The third kappa shape index (κ3) is 4.50. The highest BCUT2D eigenvalue weighted by atomic mass is 16.5. The van der Waals surface area contributed by atoms with Crippen molar-refractivity contribution in [3.05, 3.63) is 59.8 Å². The molecule has 0 aliphatic heterocycles. The Hall–Kier alpha value is -2.03. The van der Waals surface area contributed by atoms with Crippen LogP contribution in [0.1, 0.15) is 32.6 Å². The summed E-state index contributed by atoms with van der Waals surface area (Å²) in [6.45, 7) is 3.12. The molecule has 3 aliphatic rings. The van der Waals surface area contributed by atoms with Gasteiger partial charge < -0.3 is 10.1 Å². The zero-order valence-electron chi connectivity index (χ0n) is 14.4. The first-order valence-electron chi connectivity index (χ1n) is 9.02. The van der Waals surface area contributed by atoms with E-state index in [1.165, 1.54) is 25.7 Å². The molecule has 3 heteroatoms. The molecule has 3 aliphatic carbocycles. The van der Waals surface area contributed by atoms with Crippen LogP contribution in [0.4, 0.5) is 4.79 Å². The molecule has 1 amide bonds. The highest BCUT2D eigenvalue weighted by Gasteiger charge is 2.49. The third-order valence-electron chi connectivity index (χ3n) is 5.32. The number of alkyl carbamates (subject to hydrolysis) is 1. The molecule has 128 valence electrons. The minimum absolute atomic E-state index is 0.303.